The fourth-order valence-electron chi connectivity index (χ4n) is 2.07. The van der Waals surface area contributed by atoms with Crippen molar-refractivity contribution in [2.45, 2.75) is 6.42 Å². The van der Waals surface area contributed by atoms with Crippen molar-refractivity contribution in [1.29, 1.82) is 0 Å². The second-order valence-corrected chi connectivity index (χ2v) is 4.38. The zero-order chi connectivity index (χ0) is 13.0. The zero-order valence-corrected chi connectivity index (χ0v) is 10.6. The summed E-state index contributed by atoms with van der Waals surface area (Å²) in [5.41, 5.74) is 8.19. The van der Waals surface area contributed by atoms with E-state index in [1.807, 2.05) is 17.0 Å². The van der Waals surface area contributed by atoms with Crippen LogP contribution in [-0.4, -0.2) is 37.6 Å². The first-order chi connectivity index (χ1) is 8.72. The number of rotatable bonds is 3. The summed E-state index contributed by atoms with van der Waals surface area (Å²) in [5, 5.41) is 0. The van der Waals surface area contributed by atoms with Gasteiger partial charge in [-0.15, -0.1) is 0 Å². The van der Waals surface area contributed by atoms with Crippen LogP contribution in [0, 0.1) is 0 Å². The number of nitrogens with two attached hydrogens (primary N) is 1. The van der Waals surface area contributed by atoms with E-state index in [-0.39, 0.29) is 5.91 Å². The predicted octanol–water partition coefficient (Wildman–Crippen LogP) is 1.69. The van der Waals surface area contributed by atoms with Gasteiger partial charge in [-0.05, 0) is 24.1 Å². The lowest BCUT2D eigenvalue weighted by atomic mass is 10.1. The molecule has 1 aliphatic rings. The van der Waals surface area contributed by atoms with Gasteiger partial charge in [-0.25, -0.2) is 0 Å². The number of carbonyl (C=O) groups excluding carboxylic acids is 1. The largest absolute Gasteiger partial charge is 0.398 e. The molecule has 0 unspecified atom stereocenters. The van der Waals surface area contributed by atoms with Gasteiger partial charge in [0.2, 0.25) is 0 Å². The molecular weight excluding hydrogens is 228 g/mol. The van der Waals surface area contributed by atoms with E-state index in [9.17, 15) is 4.79 Å². The van der Waals surface area contributed by atoms with Crippen LogP contribution < -0.4 is 5.73 Å². The van der Waals surface area contributed by atoms with Crippen molar-refractivity contribution in [3.63, 3.8) is 0 Å². The molecule has 2 N–H and O–H groups in total. The summed E-state index contributed by atoms with van der Waals surface area (Å²) in [6.07, 6.45) is 2.93. The first-order valence-electron chi connectivity index (χ1n) is 6.03. The normalized spacial score (nSPS) is 15.4. The number of hydrogen-bond donors (Lipinski definition) is 1. The van der Waals surface area contributed by atoms with E-state index >= 15 is 0 Å². The quantitative estimate of drug-likeness (QED) is 0.652. The molecule has 0 atom stereocenters. The Kier molecular flexibility index (Phi) is 3.99. The van der Waals surface area contributed by atoms with Crippen LogP contribution in [-0.2, 0) is 4.74 Å². The van der Waals surface area contributed by atoms with Crippen LogP contribution in [0.1, 0.15) is 16.8 Å². The molecule has 1 heterocycles. The summed E-state index contributed by atoms with van der Waals surface area (Å²) in [5.74, 6) is 0.000756. The Labute approximate surface area is 107 Å². The highest BCUT2D eigenvalue weighted by Gasteiger charge is 2.19. The fourth-order valence-corrected chi connectivity index (χ4v) is 2.07. The molecule has 1 amide bonds. The van der Waals surface area contributed by atoms with Crippen molar-refractivity contribution in [1.82, 2.24) is 4.90 Å². The van der Waals surface area contributed by atoms with Crippen molar-refractivity contribution in [2.24, 2.45) is 0 Å². The number of hydrogen-bond acceptors (Lipinski definition) is 3. The molecule has 2 rings (SSSR count). The molecule has 4 heteroatoms. The fraction of sp³-hybridized carbons (Fsp3) is 0.357. The highest BCUT2D eigenvalue weighted by Crippen LogP contribution is 2.17. The number of anilines is 1. The maximum atomic E-state index is 12.3. The first kappa shape index (κ1) is 12.6. The molecule has 0 fully saturated rings. The van der Waals surface area contributed by atoms with E-state index < -0.39 is 0 Å². The Hall–Kier alpha value is -1.81. The Bertz CT molecular complexity index is 469. The monoisotopic (exact) mass is 246 g/mol. The third-order valence-electron chi connectivity index (χ3n) is 3.11. The lowest BCUT2D eigenvalue weighted by Gasteiger charge is -2.26. The van der Waals surface area contributed by atoms with Crippen molar-refractivity contribution in [3.05, 3.63) is 41.5 Å². The third-order valence-corrected chi connectivity index (χ3v) is 3.11. The van der Waals surface area contributed by atoms with Crippen molar-refractivity contribution in [3.8, 4) is 0 Å². The molecule has 4 nitrogen and oxygen atoms in total. The molecule has 0 saturated carbocycles. The van der Waals surface area contributed by atoms with Crippen LogP contribution in [0.2, 0.25) is 0 Å². The highest BCUT2D eigenvalue weighted by atomic mass is 16.5. The minimum absolute atomic E-state index is 0.000756. The molecule has 0 spiro atoms. The number of nitrogens with zero attached hydrogens (tertiary/aromatic N) is 1. The van der Waals surface area contributed by atoms with Gasteiger partial charge in [0.15, 0.2) is 0 Å². The van der Waals surface area contributed by atoms with E-state index in [1.54, 1.807) is 19.2 Å². The first-order valence-corrected chi connectivity index (χ1v) is 6.03. The van der Waals surface area contributed by atoms with Gasteiger partial charge in [-0.3, -0.25) is 4.79 Å². The van der Waals surface area contributed by atoms with Gasteiger partial charge in [0.25, 0.3) is 5.91 Å². The molecule has 0 aromatic heterocycles. The van der Waals surface area contributed by atoms with Crippen LogP contribution in [0.5, 0.6) is 0 Å². The molecular formula is C14H18N2O2. The lowest BCUT2D eigenvalue weighted by molar-refractivity contribution is 0.0766. The maximum absolute atomic E-state index is 12.3. The van der Waals surface area contributed by atoms with Crippen LogP contribution in [0.25, 0.3) is 0 Å². The number of methoxy groups -OCH3 is 1. The van der Waals surface area contributed by atoms with Gasteiger partial charge >= 0.3 is 0 Å². The lowest BCUT2D eigenvalue weighted by Crippen LogP contribution is -2.35. The number of para-hydroxylation sites is 1. The van der Waals surface area contributed by atoms with E-state index in [1.165, 1.54) is 5.57 Å². The second kappa shape index (κ2) is 5.69. The maximum Gasteiger partial charge on any atom is 0.256 e. The summed E-state index contributed by atoms with van der Waals surface area (Å²) in [4.78, 5) is 14.1. The number of ether oxygens (including phenoxy) is 1. The van der Waals surface area contributed by atoms with Crippen LogP contribution in [0.4, 0.5) is 5.69 Å². The Morgan fingerprint density at radius 3 is 2.83 bits per heavy atom. The van der Waals surface area contributed by atoms with E-state index in [0.717, 1.165) is 13.0 Å². The Balaban J connectivity index is 2.06. The van der Waals surface area contributed by atoms with Gasteiger partial charge in [-0.1, -0.05) is 18.2 Å². The highest BCUT2D eigenvalue weighted by molar-refractivity contribution is 5.99. The van der Waals surface area contributed by atoms with Crippen LogP contribution in [0.15, 0.2) is 35.9 Å². The van der Waals surface area contributed by atoms with Gasteiger partial charge in [0.1, 0.15) is 0 Å². The molecule has 1 aromatic carbocycles. The number of amides is 1. The number of nitrogen functional groups attached to an aromatic ring is 1. The average molecular weight is 246 g/mol. The predicted molar refractivity (Wildman–Crippen MR) is 71.3 cm³/mol. The molecule has 0 radical (unpaired) electrons. The smallest absolute Gasteiger partial charge is 0.256 e. The van der Waals surface area contributed by atoms with Gasteiger partial charge in [0.05, 0.1) is 12.2 Å². The Morgan fingerprint density at radius 1 is 1.44 bits per heavy atom. The number of carbonyl (C=O) groups is 1. The molecule has 18 heavy (non-hydrogen) atoms. The molecule has 1 aromatic rings. The molecule has 0 aliphatic carbocycles. The molecule has 0 bridgehead atoms. The van der Waals surface area contributed by atoms with E-state index in [0.29, 0.717) is 24.4 Å². The Morgan fingerprint density at radius 2 is 2.22 bits per heavy atom. The van der Waals surface area contributed by atoms with Crippen LogP contribution in [0.3, 0.4) is 0 Å². The van der Waals surface area contributed by atoms with Crippen molar-refractivity contribution in [2.75, 3.05) is 32.5 Å². The van der Waals surface area contributed by atoms with Gasteiger partial charge in [0, 0.05) is 25.9 Å². The van der Waals surface area contributed by atoms with E-state index in [2.05, 4.69) is 6.08 Å². The van der Waals surface area contributed by atoms with Crippen molar-refractivity contribution >= 4 is 11.6 Å². The van der Waals surface area contributed by atoms with Crippen LogP contribution >= 0.6 is 0 Å². The third kappa shape index (κ3) is 2.71. The summed E-state index contributed by atoms with van der Waals surface area (Å²) >= 11 is 0. The summed E-state index contributed by atoms with van der Waals surface area (Å²) < 4.78 is 5.09. The van der Waals surface area contributed by atoms with E-state index in [4.69, 9.17) is 10.5 Å². The topological polar surface area (TPSA) is 55.6 Å². The zero-order valence-electron chi connectivity index (χ0n) is 10.6. The summed E-state index contributed by atoms with van der Waals surface area (Å²) in [7, 11) is 1.68. The standard InChI is InChI=1S/C14H18N2O2/c1-18-10-11-6-8-16(9-7-11)14(17)12-4-2-3-5-13(12)15/h2-6H,7-10,15H2,1H3. The summed E-state index contributed by atoms with van der Waals surface area (Å²) in [6.45, 7) is 2.00. The summed E-state index contributed by atoms with van der Waals surface area (Å²) in [6, 6.07) is 7.19. The second-order valence-electron chi connectivity index (χ2n) is 4.38. The van der Waals surface area contributed by atoms with Crippen molar-refractivity contribution < 1.29 is 9.53 Å². The van der Waals surface area contributed by atoms with Gasteiger partial charge in [-0.2, -0.15) is 0 Å². The molecule has 96 valence electrons. The minimum atomic E-state index is 0.000756. The molecule has 1 aliphatic heterocycles. The number of benzene rings is 1. The average Bonchev–Trinajstić information content (AvgIpc) is 2.40. The van der Waals surface area contributed by atoms with Gasteiger partial charge < -0.3 is 15.4 Å². The SMILES string of the molecule is COCC1=CCN(C(=O)c2ccccc2N)CC1. The molecule has 0 saturated heterocycles. The minimum Gasteiger partial charge on any atom is -0.398 e.